The molecule has 1 aliphatic rings. The van der Waals surface area contributed by atoms with E-state index in [1.165, 1.54) is 0 Å². The van der Waals surface area contributed by atoms with Crippen molar-refractivity contribution < 1.29 is 9.90 Å². The summed E-state index contributed by atoms with van der Waals surface area (Å²) in [4.78, 5) is 22.3. The standard InChI is InChI=1S/C25H24N4O2.ClH/c1-27-21-7-3-2-6-20(21)23(24(27)18-9-11-19(30)12-10-18)25(31)29-16-14-28(15-17-29)22-8-4-5-13-26-22;/h2-13,30H,14-17H2,1H3;1H. The molecule has 2 aromatic heterocycles. The molecule has 164 valence electrons. The van der Waals surface area contributed by atoms with Crippen LogP contribution >= 0.6 is 12.4 Å². The van der Waals surface area contributed by atoms with Gasteiger partial charge >= 0.3 is 0 Å². The van der Waals surface area contributed by atoms with Gasteiger partial charge in [0.15, 0.2) is 0 Å². The van der Waals surface area contributed by atoms with Gasteiger partial charge in [0.1, 0.15) is 11.6 Å². The quantitative estimate of drug-likeness (QED) is 0.506. The number of fused-ring (bicyclic) bond motifs is 1. The number of aromatic nitrogens is 2. The van der Waals surface area contributed by atoms with Crippen molar-refractivity contribution in [3.63, 3.8) is 0 Å². The van der Waals surface area contributed by atoms with Crippen molar-refractivity contribution >= 4 is 35.0 Å². The zero-order valence-electron chi connectivity index (χ0n) is 17.8. The lowest BCUT2D eigenvalue weighted by molar-refractivity contribution is 0.0749. The number of carbonyl (C=O) groups excluding carboxylic acids is 1. The molecule has 1 N–H and O–H groups in total. The molecule has 0 aliphatic carbocycles. The number of phenols is 1. The Morgan fingerprint density at radius 2 is 1.59 bits per heavy atom. The highest BCUT2D eigenvalue weighted by atomic mass is 35.5. The molecule has 0 radical (unpaired) electrons. The van der Waals surface area contributed by atoms with Crippen molar-refractivity contribution in [2.75, 3.05) is 31.1 Å². The van der Waals surface area contributed by atoms with Gasteiger partial charge in [-0.25, -0.2) is 4.98 Å². The molecule has 1 fully saturated rings. The van der Waals surface area contributed by atoms with E-state index < -0.39 is 0 Å². The van der Waals surface area contributed by atoms with Crippen LogP contribution in [0.5, 0.6) is 5.75 Å². The number of hydrogen-bond donors (Lipinski definition) is 1. The predicted octanol–water partition coefficient (Wildman–Crippen LogP) is 4.33. The second-order valence-electron chi connectivity index (χ2n) is 7.81. The first kappa shape index (κ1) is 21.7. The molecule has 1 amide bonds. The summed E-state index contributed by atoms with van der Waals surface area (Å²) in [5.74, 6) is 1.20. The van der Waals surface area contributed by atoms with E-state index in [0.717, 1.165) is 46.6 Å². The zero-order chi connectivity index (χ0) is 21.4. The van der Waals surface area contributed by atoms with Crippen LogP contribution in [0, 0.1) is 0 Å². The van der Waals surface area contributed by atoms with Crippen molar-refractivity contribution in [3.8, 4) is 17.0 Å². The van der Waals surface area contributed by atoms with Crippen molar-refractivity contribution in [2.45, 2.75) is 0 Å². The normalized spacial score (nSPS) is 13.8. The van der Waals surface area contributed by atoms with E-state index in [4.69, 9.17) is 0 Å². The van der Waals surface area contributed by atoms with Crippen molar-refractivity contribution in [2.24, 2.45) is 7.05 Å². The highest BCUT2D eigenvalue weighted by Crippen LogP contribution is 2.35. The summed E-state index contributed by atoms with van der Waals surface area (Å²) in [5.41, 5.74) is 3.52. The number of phenolic OH excluding ortho intramolecular Hbond substituents is 1. The van der Waals surface area contributed by atoms with Gasteiger partial charge in [0, 0.05) is 50.3 Å². The van der Waals surface area contributed by atoms with Crippen LogP contribution in [0.15, 0.2) is 72.9 Å². The fourth-order valence-corrected chi connectivity index (χ4v) is 4.40. The number of carbonyl (C=O) groups is 1. The van der Waals surface area contributed by atoms with E-state index in [-0.39, 0.29) is 24.1 Å². The summed E-state index contributed by atoms with van der Waals surface area (Å²) >= 11 is 0. The highest BCUT2D eigenvalue weighted by Gasteiger charge is 2.28. The first-order valence-corrected chi connectivity index (χ1v) is 10.5. The van der Waals surface area contributed by atoms with E-state index >= 15 is 0 Å². The molecular formula is C25H25ClN4O2. The van der Waals surface area contributed by atoms with Crippen LogP contribution in [-0.2, 0) is 7.05 Å². The molecule has 1 aliphatic heterocycles. The smallest absolute Gasteiger partial charge is 0.256 e. The fraction of sp³-hybridized carbons (Fsp3) is 0.200. The number of rotatable bonds is 3. The zero-order valence-corrected chi connectivity index (χ0v) is 18.6. The van der Waals surface area contributed by atoms with Crippen LogP contribution in [0.1, 0.15) is 10.4 Å². The summed E-state index contributed by atoms with van der Waals surface area (Å²) in [5, 5.41) is 10.7. The van der Waals surface area contributed by atoms with E-state index in [2.05, 4.69) is 14.5 Å². The molecule has 0 saturated carbocycles. The lowest BCUT2D eigenvalue weighted by Crippen LogP contribution is -2.49. The number of para-hydroxylation sites is 1. The number of anilines is 1. The summed E-state index contributed by atoms with van der Waals surface area (Å²) in [6, 6.07) is 20.9. The number of hydrogen-bond acceptors (Lipinski definition) is 4. The summed E-state index contributed by atoms with van der Waals surface area (Å²) in [7, 11) is 1.99. The molecule has 0 bridgehead atoms. The predicted molar refractivity (Wildman–Crippen MR) is 130 cm³/mol. The minimum absolute atomic E-state index is 0. The average molecular weight is 449 g/mol. The third-order valence-electron chi connectivity index (χ3n) is 6.00. The molecule has 0 atom stereocenters. The van der Waals surface area contributed by atoms with Gasteiger partial charge in [0.25, 0.3) is 5.91 Å². The van der Waals surface area contributed by atoms with Crippen LogP contribution in [0.25, 0.3) is 22.2 Å². The Morgan fingerprint density at radius 1 is 0.906 bits per heavy atom. The number of aromatic hydroxyl groups is 1. The van der Waals surface area contributed by atoms with E-state index in [0.29, 0.717) is 13.1 Å². The minimum atomic E-state index is 0. The van der Waals surface area contributed by atoms with Gasteiger partial charge in [0.2, 0.25) is 0 Å². The van der Waals surface area contributed by atoms with Gasteiger partial charge in [0.05, 0.1) is 11.3 Å². The van der Waals surface area contributed by atoms with Gasteiger partial charge in [-0.05, 0) is 48.0 Å². The van der Waals surface area contributed by atoms with Crippen LogP contribution in [-0.4, -0.2) is 51.6 Å². The maximum absolute atomic E-state index is 13.8. The Balaban J connectivity index is 0.00000245. The number of nitrogens with zero attached hydrogens (tertiary/aromatic N) is 4. The van der Waals surface area contributed by atoms with Gasteiger partial charge in [-0.3, -0.25) is 4.79 Å². The summed E-state index contributed by atoms with van der Waals surface area (Å²) in [6.45, 7) is 2.80. The Hall–Kier alpha value is -3.51. The summed E-state index contributed by atoms with van der Waals surface area (Å²) < 4.78 is 2.07. The van der Waals surface area contributed by atoms with E-state index in [9.17, 15) is 9.90 Å². The molecule has 4 aromatic rings. The first-order chi connectivity index (χ1) is 15.1. The highest BCUT2D eigenvalue weighted by molar-refractivity contribution is 6.12. The Morgan fingerprint density at radius 3 is 2.28 bits per heavy atom. The molecule has 6 nitrogen and oxygen atoms in total. The molecule has 7 heteroatoms. The Kier molecular flexibility index (Phi) is 6.06. The van der Waals surface area contributed by atoms with Gasteiger partial charge in [-0.2, -0.15) is 0 Å². The second kappa shape index (κ2) is 8.93. The second-order valence-corrected chi connectivity index (χ2v) is 7.81. The first-order valence-electron chi connectivity index (χ1n) is 10.5. The van der Waals surface area contributed by atoms with Crippen LogP contribution in [0.4, 0.5) is 5.82 Å². The third-order valence-corrected chi connectivity index (χ3v) is 6.00. The molecule has 3 heterocycles. The Bertz CT molecular complexity index is 1230. The maximum Gasteiger partial charge on any atom is 0.256 e. The molecule has 0 unspecified atom stereocenters. The lowest BCUT2D eigenvalue weighted by Gasteiger charge is -2.35. The SMILES string of the molecule is Cl.Cn1c(-c2ccc(O)cc2)c(C(=O)N2CCN(c3ccccn3)CC2)c2ccccc21. The van der Waals surface area contributed by atoms with E-state index in [1.54, 1.807) is 18.3 Å². The van der Waals surface area contributed by atoms with Gasteiger partial charge in [-0.1, -0.05) is 24.3 Å². The van der Waals surface area contributed by atoms with Crippen LogP contribution < -0.4 is 4.90 Å². The maximum atomic E-state index is 13.8. The number of halogens is 1. The fourth-order valence-electron chi connectivity index (χ4n) is 4.40. The van der Waals surface area contributed by atoms with Crippen LogP contribution in [0.2, 0.25) is 0 Å². The van der Waals surface area contributed by atoms with Crippen molar-refractivity contribution in [1.29, 1.82) is 0 Å². The third kappa shape index (κ3) is 3.78. The van der Waals surface area contributed by atoms with Crippen molar-refractivity contribution in [1.82, 2.24) is 14.5 Å². The molecule has 0 spiro atoms. The molecule has 2 aromatic carbocycles. The monoisotopic (exact) mass is 448 g/mol. The molecule has 5 rings (SSSR count). The van der Waals surface area contributed by atoms with Crippen molar-refractivity contribution in [3.05, 3.63) is 78.5 Å². The molecule has 1 saturated heterocycles. The Labute approximate surface area is 193 Å². The molecule has 32 heavy (non-hydrogen) atoms. The lowest BCUT2D eigenvalue weighted by atomic mass is 10.0. The topological polar surface area (TPSA) is 61.6 Å². The minimum Gasteiger partial charge on any atom is -0.508 e. The number of pyridine rings is 1. The molecular weight excluding hydrogens is 424 g/mol. The number of aryl methyl sites for hydroxylation is 1. The van der Waals surface area contributed by atoms with E-state index in [1.807, 2.05) is 66.5 Å². The van der Waals surface area contributed by atoms with Crippen LogP contribution in [0.3, 0.4) is 0 Å². The number of amides is 1. The number of benzene rings is 2. The van der Waals surface area contributed by atoms with Gasteiger partial charge in [-0.15, -0.1) is 12.4 Å². The summed E-state index contributed by atoms with van der Waals surface area (Å²) in [6.07, 6.45) is 1.80. The van der Waals surface area contributed by atoms with Gasteiger partial charge < -0.3 is 19.5 Å². The number of piperazine rings is 1. The largest absolute Gasteiger partial charge is 0.508 e. The average Bonchev–Trinajstić information content (AvgIpc) is 3.12.